The Bertz CT molecular complexity index is 545. The van der Waals surface area contributed by atoms with Gasteiger partial charge in [-0.3, -0.25) is 14.5 Å². The van der Waals surface area contributed by atoms with Crippen molar-refractivity contribution in [3.8, 4) is 5.75 Å². The van der Waals surface area contributed by atoms with Crippen LogP contribution in [-0.2, 0) is 9.59 Å². The van der Waals surface area contributed by atoms with Crippen LogP contribution in [0.3, 0.4) is 0 Å². The number of rotatable bonds is 7. The van der Waals surface area contributed by atoms with E-state index < -0.39 is 0 Å². The zero-order chi connectivity index (χ0) is 17.4. The number of carbonyl (C=O) groups excluding carboxylic acids is 2. The Morgan fingerprint density at radius 1 is 1.17 bits per heavy atom. The molecule has 1 aliphatic heterocycles. The molecule has 2 amide bonds. The molecule has 0 atom stereocenters. The molecular formula is C16H23ClN4O3. The fraction of sp³-hybridized carbons (Fsp3) is 0.500. The highest BCUT2D eigenvalue weighted by Gasteiger charge is 2.20. The average molecular weight is 355 g/mol. The predicted octanol–water partition coefficient (Wildman–Crippen LogP) is -0.0621. The van der Waals surface area contributed by atoms with Crippen molar-refractivity contribution in [2.75, 3.05) is 52.4 Å². The SMILES string of the molecule is NCC(=O)NCC(=O)N1CCN(CCOc2ccc(Cl)cc2)CC1. The maximum absolute atomic E-state index is 12.0. The first-order valence-electron chi connectivity index (χ1n) is 7.94. The van der Waals surface area contributed by atoms with Gasteiger partial charge in [-0.25, -0.2) is 0 Å². The van der Waals surface area contributed by atoms with E-state index in [1.54, 1.807) is 17.0 Å². The van der Waals surface area contributed by atoms with Gasteiger partial charge in [0.25, 0.3) is 0 Å². The van der Waals surface area contributed by atoms with Gasteiger partial charge >= 0.3 is 0 Å². The molecule has 0 unspecified atom stereocenters. The molecule has 2 rings (SSSR count). The molecule has 0 aromatic heterocycles. The minimum atomic E-state index is -0.318. The van der Waals surface area contributed by atoms with Gasteiger partial charge in [-0.15, -0.1) is 0 Å². The molecule has 0 saturated carbocycles. The van der Waals surface area contributed by atoms with Crippen LogP contribution in [0.15, 0.2) is 24.3 Å². The fourth-order valence-electron chi connectivity index (χ4n) is 2.40. The summed E-state index contributed by atoms with van der Waals surface area (Å²) in [5, 5.41) is 3.18. The molecule has 1 aromatic rings. The smallest absolute Gasteiger partial charge is 0.242 e. The number of halogens is 1. The van der Waals surface area contributed by atoms with Crippen molar-refractivity contribution in [3.63, 3.8) is 0 Å². The number of ether oxygens (including phenoxy) is 1. The Balaban J connectivity index is 1.62. The van der Waals surface area contributed by atoms with Crippen molar-refractivity contribution in [1.29, 1.82) is 0 Å². The predicted molar refractivity (Wildman–Crippen MR) is 92.0 cm³/mol. The molecule has 1 aliphatic rings. The standard InChI is InChI=1S/C16H23ClN4O3/c17-13-1-3-14(4-2-13)24-10-9-20-5-7-21(8-6-20)16(23)12-19-15(22)11-18/h1-4H,5-12,18H2,(H,19,22). The molecule has 1 fully saturated rings. The van der Waals surface area contributed by atoms with Crippen LogP contribution in [0.25, 0.3) is 0 Å². The molecule has 24 heavy (non-hydrogen) atoms. The topological polar surface area (TPSA) is 87.9 Å². The first kappa shape index (κ1) is 18.5. The van der Waals surface area contributed by atoms with Gasteiger partial charge in [-0.05, 0) is 24.3 Å². The summed E-state index contributed by atoms with van der Waals surface area (Å²) in [5.74, 6) is 0.402. The number of nitrogens with one attached hydrogen (secondary N) is 1. The van der Waals surface area contributed by atoms with E-state index in [4.69, 9.17) is 22.1 Å². The number of hydrogen-bond acceptors (Lipinski definition) is 5. The van der Waals surface area contributed by atoms with Crippen LogP contribution in [0.5, 0.6) is 5.75 Å². The summed E-state index contributed by atoms with van der Waals surface area (Å²) in [5.41, 5.74) is 5.19. The zero-order valence-corrected chi connectivity index (χ0v) is 14.3. The number of nitrogens with zero attached hydrogens (tertiary/aromatic N) is 2. The monoisotopic (exact) mass is 354 g/mol. The normalized spacial score (nSPS) is 15.2. The summed E-state index contributed by atoms with van der Waals surface area (Å²) in [6.45, 7) is 4.18. The average Bonchev–Trinajstić information content (AvgIpc) is 2.61. The number of nitrogens with two attached hydrogens (primary N) is 1. The van der Waals surface area contributed by atoms with Crippen LogP contribution in [-0.4, -0.2) is 74.0 Å². The molecule has 0 spiro atoms. The fourth-order valence-corrected chi connectivity index (χ4v) is 2.53. The van der Waals surface area contributed by atoms with E-state index in [0.717, 1.165) is 25.4 Å². The maximum Gasteiger partial charge on any atom is 0.242 e. The third kappa shape index (κ3) is 5.99. The molecule has 0 aliphatic carbocycles. The van der Waals surface area contributed by atoms with Crippen LogP contribution in [0, 0.1) is 0 Å². The molecule has 7 nitrogen and oxygen atoms in total. The molecular weight excluding hydrogens is 332 g/mol. The van der Waals surface area contributed by atoms with Crippen LogP contribution in [0.2, 0.25) is 5.02 Å². The molecule has 8 heteroatoms. The maximum atomic E-state index is 12.0. The second-order valence-corrected chi connectivity index (χ2v) is 5.94. The van der Waals surface area contributed by atoms with Crippen LogP contribution in [0.4, 0.5) is 0 Å². The van der Waals surface area contributed by atoms with E-state index in [1.165, 1.54) is 0 Å². The van der Waals surface area contributed by atoms with Crippen LogP contribution in [0.1, 0.15) is 0 Å². The number of amides is 2. The van der Waals surface area contributed by atoms with Crippen molar-refractivity contribution in [2.45, 2.75) is 0 Å². The minimum Gasteiger partial charge on any atom is -0.492 e. The van der Waals surface area contributed by atoms with Gasteiger partial charge in [-0.1, -0.05) is 11.6 Å². The van der Waals surface area contributed by atoms with Crippen LogP contribution >= 0.6 is 11.6 Å². The third-order valence-electron chi connectivity index (χ3n) is 3.84. The van der Waals surface area contributed by atoms with Crippen molar-refractivity contribution in [2.24, 2.45) is 5.73 Å². The number of hydrogen-bond donors (Lipinski definition) is 2. The lowest BCUT2D eigenvalue weighted by molar-refractivity contribution is -0.134. The van der Waals surface area contributed by atoms with Crippen molar-refractivity contribution < 1.29 is 14.3 Å². The molecule has 1 aromatic carbocycles. The highest BCUT2D eigenvalue weighted by Crippen LogP contribution is 2.15. The van der Waals surface area contributed by atoms with Gasteiger partial charge in [0.15, 0.2) is 0 Å². The van der Waals surface area contributed by atoms with E-state index in [2.05, 4.69) is 10.2 Å². The molecule has 0 bridgehead atoms. The van der Waals surface area contributed by atoms with Crippen molar-refractivity contribution in [1.82, 2.24) is 15.1 Å². The van der Waals surface area contributed by atoms with Gasteiger partial charge in [0.1, 0.15) is 12.4 Å². The lowest BCUT2D eigenvalue weighted by atomic mass is 10.3. The first-order chi connectivity index (χ1) is 11.6. The number of carbonyl (C=O) groups is 2. The highest BCUT2D eigenvalue weighted by atomic mass is 35.5. The second-order valence-electron chi connectivity index (χ2n) is 5.51. The highest BCUT2D eigenvalue weighted by molar-refractivity contribution is 6.30. The van der Waals surface area contributed by atoms with E-state index in [-0.39, 0.29) is 24.9 Å². The van der Waals surface area contributed by atoms with E-state index in [0.29, 0.717) is 24.7 Å². The van der Waals surface area contributed by atoms with E-state index in [1.807, 2.05) is 12.1 Å². The van der Waals surface area contributed by atoms with Gasteiger partial charge in [-0.2, -0.15) is 0 Å². The van der Waals surface area contributed by atoms with Crippen molar-refractivity contribution >= 4 is 23.4 Å². The summed E-state index contributed by atoms with van der Waals surface area (Å²) in [6, 6.07) is 7.28. The van der Waals surface area contributed by atoms with Crippen molar-refractivity contribution in [3.05, 3.63) is 29.3 Å². The largest absolute Gasteiger partial charge is 0.492 e. The summed E-state index contributed by atoms with van der Waals surface area (Å²) >= 11 is 5.83. The Labute approximate surface area is 146 Å². The van der Waals surface area contributed by atoms with Gasteiger partial charge in [0, 0.05) is 37.7 Å². The number of benzene rings is 1. The Morgan fingerprint density at radius 3 is 2.46 bits per heavy atom. The quantitative estimate of drug-likeness (QED) is 0.716. The summed E-state index contributed by atoms with van der Waals surface area (Å²) in [7, 11) is 0. The first-order valence-corrected chi connectivity index (χ1v) is 8.31. The Kier molecular flexibility index (Phi) is 7.30. The molecule has 0 radical (unpaired) electrons. The molecule has 132 valence electrons. The lowest BCUT2D eigenvalue weighted by Crippen LogP contribution is -2.52. The second kappa shape index (κ2) is 9.46. The van der Waals surface area contributed by atoms with E-state index in [9.17, 15) is 9.59 Å². The van der Waals surface area contributed by atoms with Gasteiger partial charge in [0.05, 0.1) is 13.1 Å². The molecule has 1 saturated heterocycles. The number of piperazine rings is 1. The zero-order valence-electron chi connectivity index (χ0n) is 13.5. The minimum absolute atomic E-state index is 0.00963. The Morgan fingerprint density at radius 2 is 1.83 bits per heavy atom. The third-order valence-corrected chi connectivity index (χ3v) is 4.09. The molecule has 3 N–H and O–H groups in total. The lowest BCUT2D eigenvalue weighted by Gasteiger charge is -2.34. The van der Waals surface area contributed by atoms with Gasteiger partial charge in [0.2, 0.25) is 11.8 Å². The summed E-state index contributed by atoms with van der Waals surface area (Å²) < 4.78 is 5.68. The Hall–Kier alpha value is -1.83. The van der Waals surface area contributed by atoms with Crippen LogP contribution < -0.4 is 15.8 Å². The van der Waals surface area contributed by atoms with Gasteiger partial charge < -0.3 is 20.7 Å². The summed E-state index contributed by atoms with van der Waals surface area (Å²) in [4.78, 5) is 27.0. The summed E-state index contributed by atoms with van der Waals surface area (Å²) in [6.07, 6.45) is 0. The van der Waals surface area contributed by atoms with E-state index >= 15 is 0 Å². The molecule has 1 heterocycles.